The molecule has 0 bridgehead atoms. The number of carbonyl (C=O) groups excluding carboxylic acids is 2. The lowest BCUT2D eigenvalue weighted by Gasteiger charge is -2.22. The third-order valence-corrected chi connectivity index (χ3v) is 5.12. The fourth-order valence-electron chi connectivity index (χ4n) is 2.63. The molecular formula is C21H26N2O6S. The second-order valence-corrected chi connectivity index (χ2v) is 8.33. The van der Waals surface area contributed by atoms with E-state index in [4.69, 9.17) is 9.47 Å². The average molecular weight is 435 g/mol. The van der Waals surface area contributed by atoms with Crippen molar-refractivity contribution in [3.05, 3.63) is 54.1 Å². The van der Waals surface area contributed by atoms with Gasteiger partial charge in [-0.2, -0.15) is 0 Å². The second kappa shape index (κ2) is 10.6. The zero-order valence-corrected chi connectivity index (χ0v) is 18.1. The van der Waals surface area contributed by atoms with Crippen LogP contribution in [-0.4, -0.2) is 46.3 Å². The molecule has 2 aromatic rings. The maximum atomic E-state index is 12.6. The highest BCUT2D eigenvalue weighted by molar-refractivity contribution is 7.92. The topological polar surface area (TPSA) is 102 Å². The SMILES string of the molecule is CCCOc1ccc(N(CC(=O)Nc2ccccc2C(=O)OCC)S(C)(=O)=O)cc1. The van der Waals surface area contributed by atoms with Crippen molar-refractivity contribution in [3.63, 3.8) is 0 Å². The summed E-state index contributed by atoms with van der Waals surface area (Å²) in [6.45, 7) is 3.96. The van der Waals surface area contributed by atoms with Gasteiger partial charge in [0.1, 0.15) is 12.3 Å². The molecule has 0 atom stereocenters. The minimum absolute atomic E-state index is 0.191. The minimum Gasteiger partial charge on any atom is -0.494 e. The molecule has 0 saturated heterocycles. The predicted octanol–water partition coefficient (Wildman–Crippen LogP) is 3.06. The third-order valence-electron chi connectivity index (χ3n) is 3.98. The van der Waals surface area contributed by atoms with E-state index in [0.29, 0.717) is 18.0 Å². The highest BCUT2D eigenvalue weighted by atomic mass is 32.2. The van der Waals surface area contributed by atoms with Crippen LogP contribution in [0.4, 0.5) is 11.4 Å². The molecular weight excluding hydrogens is 408 g/mol. The first-order chi connectivity index (χ1) is 14.3. The smallest absolute Gasteiger partial charge is 0.340 e. The molecule has 1 N–H and O–H groups in total. The molecule has 0 fully saturated rings. The summed E-state index contributed by atoms with van der Waals surface area (Å²) in [7, 11) is -3.73. The van der Waals surface area contributed by atoms with E-state index in [1.54, 1.807) is 49.4 Å². The van der Waals surface area contributed by atoms with Gasteiger partial charge in [-0.05, 0) is 49.7 Å². The van der Waals surface area contributed by atoms with E-state index in [1.165, 1.54) is 6.07 Å². The third kappa shape index (κ3) is 6.48. The van der Waals surface area contributed by atoms with Gasteiger partial charge in [0.05, 0.1) is 36.4 Å². The first kappa shape index (κ1) is 23.2. The Bertz CT molecular complexity index is 973. The summed E-state index contributed by atoms with van der Waals surface area (Å²) in [6.07, 6.45) is 1.87. The van der Waals surface area contributed by atoms with Gasteiger partial charge in [-0.1, -0.05) is 19.1 Å². The van der Waals surface area contributed by atoms with E-state index in [0.717, 1.165) is 17.0 Å². The van der Waals surface area contributed by atoms with Crippen molar-refractivity contribution in [1.82, 2.24) is 0 Å². The fraction of sp³-hybridized carbons (Fsp3) is 0.333. The van der Waals surface area contributed by atoms with Crippen molar-refractivity contribution >= 4 is 33.3 Å². The van der Waals surface area contributed by atoms with Crippen LogP contribution >= 0.6 is 0 Å². The molecule has 0 aliphatic rings. The fourth-order valence-corrected chi connectivity index (χ4v) is 3.48. The Morgan fingerprint density at radius 2 is 1.70 bits per heavy atom. The summed E-state index contributed by atoms with van der Waals surface area (Å²) >= 11 is 0. The number of amides is 1. The summed E-state index contributed by atoms with van der Waals surface area (Å²) < 4.78 is 36.0. The van der Waals surface area contributed by atoms with E-state index >= 15 is 0 Å². The predicted molar refractivity (Wildman–Crippen MR) is 115 cm³/mol. The number of hydrogen-bond acceptors (Lipinski definition) is 6. The Kier molecular flexibility index (Phi) is 8.23. The lowest BCUT2D eigenvalue weighted by atomic mass is 10.2. The standard InChI is InChI=1S/C21H26N2O6S/c1-4-14-29-17-12-10-16(11-13-17)23(30(3,26)27)15-20(24)22-19-9-7-6-8-18(19)21(25)28-5-2/h6-13H,4-5,14-15H2,1-3H3,(H,22,24). The molecule has 0 heterocycles. The number of ether oxygens (including phenoxy) is 2. The largest absolute Gasteiger partial charge is 0.494 e. The molecule has 0 aliphatic carbocycles. The summed E-state index contributed by atoms with van der Waals surface area (Å²) in [5.41, 5.74) is 0.768. The van der Waals surface area contributed by atoms with Gasteiger partial charge in [-0.3, -0.25) is 9.10 Å². The Morgan fingerprint density at radius 1 is 1.03 bits per heavy atom. The van der Waals surface area contributed by atoms with Crippen LogP contribution in [-0.2, 0) is 19.6 Å². The lowest BCUT2D eigenvalue weighted by Crippen LogP contribution is -2.37. The number of esters is 1. The monoisotopic (exact) mass is 434 g/mol. The highest BCUT2D eigenvalue weighted by Gasteiger charge is 2.22. The summed E-state index contributed by atoms with van der Waals surface area (Å²) in [5.74, 6) is -0.554. The van der Waals surface area contributed by atoms with Crippen LogP contribution in [0.5, 0.6) is 5.75 Å². The normalized spacial score (nSPS) is 10.9. The first-order valence-electron chi connectivity index (χ1n) is 9.52. The molecule has 30 heavy (non-hydrogen) atoms. The number of para-hydroxylation sites is 1. The van der Waals surface area contributed by atoms with Crippen LogP contribution in [0.25, 0.3) is 0 Å². The van der Waals surface area contributed by atoms with Crippen molar-refractivity contribution in [2.75, 3.05) is 35.6 Å². The number of carbonyl (C=O) groups is 2. The van der Waals surface area contributed by atoms with Gasteiger partial charge in [0.2, 0.25) is 15.9 Å². The molecule has 2 rings (SSSR count). The van der Waals surface area contributed by atoms with Crippen LogP contribution in [0.1, 0.15) is 30.6 Å². The molecule has 162 valence electrons. The van der Waals surface area contributed by atoms with Gasteiger partial charge < -0.3 is 14.8 Å². The van der Waals surface area contributed by atoms with Crippen LogP contribution in [0.3, 0.4) is 0 Å². The number of benzene rings is 2. The van der Waals surface area contributed by atoms with E-state index in [1.807, 2.05) is 6.92 Å². The molecule has 0 radical (unpaired) electrons. The Labute approximate surface area is 176 Å². The Morgan fingerprint density at radius 3 is 2.30 bits per heavy atom. The quantitative estimate of drug-likeness (QED) is 0.577. The van der Waals surface area contributed by atoms with E-state index in [-0.39, 0.29) is 17.9 Å². The number of rotatable bonds is 10. The van der Waals surface area contributed by atoms with Crippen LogP contribution in [0.15, 0.2) is 48.5 Å². The van der Waals surface area contributed by atoms with Gasteiger partial charge in [0, 0.05) is 0 Å². The molecule has 8 nitrogen and oxygen atoms in total. The molecule has 0 saturated carbocycles. The Balaban J connectivity index is 2.19. The molecule has 0 aromatic heterocycles. The van der Waals surface area contributed by atoms with Gasteiger partial charge >= 0.3 is 5.97 Å². The second-order valence-electron chi connectivity index (χ2n) is 6.43. The van der Waals surface area contributed by atoms with Gasteiger partial charge in [-0.25, -0.2) is 13.2 Å². The molecule has 9 heteroatoms. The number of sulfonamides is 1. The zero-order valence-electron chi connectivity index (χ0n) is 17.3. The van der Waals surface area contributed by atoms with Crippen LogP contribution in [0, 0.1) is 0 Å². The molecule has 0 spiro atoms. The minimum atomic E-state index is -3.73. The van der Waals surface area contributed by atoms with Crippen LogP contribution in [0.2, 0.25) is 0 Å². The number of nitrogens with zero attached hydrogens (tertiary/aromatic N) is 1. The summed E-state index contributed by atoms with van der Waals surface area (Å²) in [4.78, 5) is 24.7. The molecule has 2 aromatic carbocycles. The maximum absolute atomic E-state index is 12.6. The van der Waals surface area contributed by atoms with Crippen molar-refractivity contribution in [2.45, 2.75) is 20.3 Å². The van der Waals surface area contributed by atoms with Crippen molar-refractivity contribution in [2.24, 2.45) is 0 Å². The molecule has 0 aliphatic heterocycles. The molecule has 1 amide bonds. The van der Waals surface area contributed by atoms with E-state index < -0.39 is 28.4 Å². The number of anilines is 2. The average Bonchev–Trinajstić information content (AvgIpc) is 2.71. The van der Waals surface area contributed by atoms with Crippen molar-refractivity contribution in [3.8, 4) is 5.75 Å². The van der Waals surface area contributed by atoms with Crippen molar-refractivity contribution in [1.29, 1.82) is 0 Å². The van der Waals surface area contributed by atoms with Gasteiger partial charge in [-0.15, -0.1) is 0 Å². The number of nitrogens with one attached hydrogen (secondary N) is 1. The van der Waals surface area contributed by atoms with E-state index in [2.05, 4.69) is 5.32 Å². The van der Waals surface area contributed by atoms with Crippen LogP contribution < -0.4 is 14.4 Å². The van der Waals surface area contributed by atoms with E-state index in [9.17, 15) is 18.0 Å². The van der Waals surface area contributed by atoms with Gasteiger partial charge in [0.25, 0.3) is 0 Å². The summed E-state index contributed by atoms with van der Waals surface area (Å²) in [5, 5.41) is 2.59. The van der Waals surface area contributed by atoms with Crippen molar-refractivity contribution < 1.29 is 27.5 Å². The zero-order chi connectivity index (χ0) is 22.1. The highest BCUT2D eigenvalue weighted by Crippen LogP contribution is 2.22. The van der Waals surface area contributed by atoms with Gasteiger partial charge in [0.15, 0.2) is 0 Å². The lowest BCUT2D eigenvalue weighted by molar-refractivity contribution is -0.114. The molecule has 0 unspecified atom stereocenters. The summed E-state index contributed by atoms with van der Waals surface area (Å²) in [6, 6.07) is 12.8. The first-order valence-corrected chi connectivity index (χ1v) is 11.4. The Hall–Kier alpha value is -3.07. The number of hydrogen-bond donors (Lipinski definition) is 1. The maximum Gasteiger partial charge on any atom is 0.340 e.